The van der Waals surface area contributed by atoms with Crippen molar-refractivity contribution in [1.82, 2.24) is 5.32 Å². The van der Waals surface area contributed by atoms with E-state index in [0.29, 0.717) is 6.04 Å². The molecule has 0 bridgehead atoms. The number of amides is 2. The fraction of sp³-hybridized carbons (Fsp3) is 0.632. The predicted octanol–water partition coefficient (Wildman–Crippen LogP) is 2.93. The molecule has 1 aromatic carbocycles. The molecule has 0 atom stereocenters. The van der Waals surface area contributed by atoms with Gasteiger partial charge in [-0.05, 0) is 43.0 Å². The van der Waals surface area contributed by atoms with Gasteiger partial charge in [-0.3, -0.25) is 4.90 Å². The second-order valence-electron chi connectivity index (χ2n) is 7.10. The van der Waals surface area contributed by atoms with Crippen LogP contribution >= 0.6 is 0 Å². The third kappa shape index (κ3) is 3.22. The number of urea groups is 1. The monoisotopic (exact) mass is 329 g/mol. The van der Waals surface area contributed by atoms with Gasteiger partial charge in [0.2, 0.25) is 0 Å². The van der Waals surface area contributed by atoms with Gasteiger partial charge in [0.15, 0.2) is 0 Å². The Labute approximate surface area is 144 Å². The number of carbonyl (C=O) groups excluding carboxylic acids is 1. The van der Waals surface area contributed by atoms with E-state index in [0.717, 1.165) is 57.8 Å². The van der Waals surface area contributed by atoms with E-state index in [-0.39, 0.29) is 6.03 Å². The second-order valence-corrected chi connectivity index (χ2v) is 7.10. The molecule has 0 unspecified atom stereocenters. The quantitative estimate of drug-likeness (QED) is 0.907. The minimum Gasteiger partial charge on any atom is -0.378 e. The zero-order chi connectivity index (χ0) is 16.4. The maximum absolute atomic E-state index is 12.7. The second kappa shape index (κ2) is 7.01. The van der Waals surface area contributed by atoms with Gasteiger partial charge in [-0.2, -0.15) is 0 Å². The Morgan fingerprint density at radius 2 is 1.88 bits per heavy atom. The van der Waals surface area contributed by atoms with E-state index in [1.54, 1.807) is 0 Å². The standard InChI is InChI=1S/C19H27N3O2/c23-19(20-16-4-2-1-3-5-16)22-9-8-15-14-17(6-7-18(15)22)21-10-12-24-13-11-21/h6-7,14,16H,1-5,8-13H2,(H,20,23). The molecule has 24 heavy (non-hydrogen) atoms. The third-order valence-electron chi connectivity index (χ3n) is 5.51. The van der Waals surface area contributed by atoms with Crippen molar-refractivity contribution in [3.63, 3.8) is 0 Å². The highest BCUT2D eigenvalue weighted by Gasteiger charge is 2.27. The molecule has 4 rings (SSSR count). The van der Waals surface area contributed by atoms with Crippen LogP contribution in [0, 0.1) is 0 Å². The molecule has 0 spiro atoms. The van der Waals surface area contributed by atoms with Crippen molar-refractivity contribution in [3.8, 4) is 0 Å². The first-order valence-electron chi connectivity index (χ1n) is 9.35. The number of morpholine rings is 1. The summed E-state index contributed by atoms with van der Waals surface area (Å²) in [4.78, 5) is 16.9. The van der Waals surface area contributed by atoms with Crippen LogP contribution in [0.5, 0.6) is 0 Å². The molecule has 1 saturated carbocycles. The molecule has 3 aliphatic rings. The normalized spacial score (nSPS) is 21.7. The van der Waals surface area contributed by atoms with E-state index >= 15 is 0 Å². The molecular weight excluding hydrogens is 302 g/mol. The fourth-order valence-corrected chi connectivity index (χ4v) is 4.12. The zero-order valence-corrected chi connectivity index (χ0v) is 14.3. The van der Waals surface area contributed by atoms with E-state index < -0.39 is 0 Å². The lowest BCUT2D eigenvalue weighted by molar-refractivity contribution is 0.122. The largest absolute Gasteiger partial charge is 0.378 e. The summed E-state index contributed by atoms with van der Waals surface area (Å²) in [6.45, 7) is 4.29. The van der Waals surface area contributed by atoms with Crippen LogP contribution in [0.4, 0.5) is 16.2 Å². The van der Waals surface area contributed by atoms with Crippen molar-refractivity contribution in [2.45, 2.75) is 44.6 Å². The zero-order valence-electron chi connectivity index (χ0n) is 14.3. The van der Waals surface area contributed by atoms with E-state index in [4.69, 9.17) is 4.74 Å². The van der Waals surface area contributed by atoms with Crippen molar-refractivity contribution >= 4 is 17.4 Å². The Balaban J connectivity index is 1.44. The average molecular weight is 329 g/mol. The van der Waals surface area contributed by atoms with E-state index in [2.05, 4.69) is 28.4 Å². The van der Waals surface area contributed by atoms with Gasteiger partial charge in [0.05, 0.1) is 13.2 Å². The molecule has 5 heteroatoms. The Morgan fingerprint density at radius 3 is 2.67 bits per heavy atom. The van der Waals surface area contributed by atoms with Crippen LogP contribution in [0.2, 0.25) is 0 Å². The number of fused-ring (bicyclic) bond motifs is 1. The van der Waals surface area contributed by atoms with Crippen LogP contribution in [-0.4, -0.2) is 44.9 Å². The average Bonchev–Trinajstić information content (AvgIpc) is 3.06. The van der Waals surface area contributed by atoms with Gasteiger partial charge in [-0.25, -0.2) is 4.79 Å². The summed E-state index contributed by atoms with van der Waals surface area (Å²) in [5.41, 5.74) is 3.63. The molecule has 2 heterocycles. The number of anilines is 2. The van der Waals surface area contributed by atoms with E-state index in [1.807, 2.05) is 4.90 Å². The molecule has 1 aliphatic carbocycles. The van der Waals surface area contributed by atoms with Crippen LogP contribution in [0.3, 0.4) is 0 Å². The summed E-state index contributed by atoms with van der Waals surface area (Å²) >= 11 is 0. The molecule has 2 amide bonds. The van der Waals surface area contributed by atoms with Crippen molar-refractivity contribution < 1.29 is 9.53 Å². The van der Waals surface area contributed by atoms with Gasteiger partial charge in [0.1, 0.15) is 0 Å². The Hall–Kier alpha value is -1.75. The number of benzene rings is 1. The first-order chi connectivity index (χ1) is 11.8. The Morgan fingerprint density at radius 1 is 1.08 bits per heavy atom. The molecule has 1 N–H and O–H groups in total. The van der Waals surface area contributed by atoms with Crippen LogP contribution in [0.25, 0.3) is 0 Å². The number of nitrogens with zero attached hydrogens (tertiary/aromatic N) is 2. The first-order valence-corrected chi connectivity index (χ1v) is 9.35. The summed E-state index contributed by atoms with van der Waals surface area (Å²) in [7, 11) is 0. The molecule has 0 radical (unpaired) electrons. The number of ether oxygens (including phenoxy) is 1. The minimum atomic E-state index is 0.0831. The van der Waals surface area contributed by atoms with Crippen molar-refractivity contribution in [3.05, 3.63) is 23.8 Å². The van der Waals surface area contributed by atoms with Crippen molar-refractivity contribution in [1.29, 1.82) is 0 Å². The molecule has 1 saturated heterocycles. The summed E-state index contributed by atoms with van der Waals surface area (Å²) in [6.07, 6.45) is 6.99. The van der Waals surface area contributed by atoms with E-state index in [1.165, 1.54) is 30.5 Å². The number of rotatable bonds is 2. The van der Waals surface area contributed by atoms with Crippen LogP contribution < -0.4 is 15.1 Å². The number of carbonyl (C=O) groups is 1. The Bertz CT molecular complexity index is 592. The SMILES string of the molecule is O=C(NC1CCCCC1)N1CCc2cc(N3CCOCC3)ccc21. The van der Waals surface area contributed by atoms with Crippen molar-refractivity contribution in [2.75, 3.05) is 42.6 Å². The molecule has 5 nitrogen and oxygen atoms in total. The van der Waals surface area contributed by atoms with Crippen LogP contribution in [-0.2, 0) is 11.2 Å². The summed E-state index contributed by atoms with van der Waals surface area (Å²) in [5, 5.41) is 3.24. The maximum Gasteiger partial charge on any atom is 0.322 e. The summed E-state index contributed by atoms with van der Waals surface area (Å²) < 4.78 is 5.43. The van der Waals surface area contributed by atoms with Crippen molar-refractivity contribution in [2.24, 2.45) is 0 Å². The maximum atomic E-state index is 12.7. The smallest absolute Gasteiger partial charge is 0.322 e. The fourth-order valence-electron chi connectivity index (χ4n) is 4.12. The lowest BCUT2D eigenvalue weighted by atomic mass is 9.96. The van der Waals surface area contributed by atoms with Crippen LogP contribution in [0.15, 0.2) is 18.2 Å². The highest BCUT2D eigenvalue weighted by molar-refractivity contribution is 5.94. The molecule has 130 valence electrons. The lowest BCUT2D eigenvalue weighted by Crippen LogP contribution is -2.45. The van der Waals surface area contributed by atoms with Gasteiger partial charge in [-0.15, -0.1) is 0 Å². The molecule has 0 aromatic heterocycles. The molecule has 1 aromatic rings. The lowest BCUT2D eigenvalue weighted by Gasteiger charge is -2.29. The van der Waals surface area contributed by atoms with Crippen LogP contribution in [0.1, 0.15) is 37.7 Å². The number of hydrogen-bond donors (Lipinski definition) is 1. The van der Waals surface area contributed by atoms with Gasteiger partial charge < -0.3 is 15.0 Å². The van der Waals surface area contributed by atoms with Gasteiger partial charge in [0.25, 0.3) is 0 Å². The van der Waals surface area contributed by atoms with E-state index in [9.17, 15) is 4.79 Å². The predicted molar refractivity (Wildman–Crippen MR) is 95.9 cm³/mol. The third-order valence-corrected chi connectivity index (χ3v) is 5.51. The van der Waals surface area contributed by atoms with Gasteiger partial charge >= 0.3 is 6.03 Å². The molecular formula is C19H27N3O2. The topological polar surface area (TPSA) is 44.8 Å². The van der Waals surface area contributed by atoms with Gasteiger partial charge in [0, 0.05) is 37.1 Å². The first kappa shape index (κ1) is 15.8. The van der Waals surface area contributed by atoms with Gasteiger partial charge in [-0.1, -0.05) is 19.3 Å². The molecule has 2 fully saturated rings. The number of nitrogens with one attached hydrogen (secondary N) is 1. The summed E-state index contributed by atoms with van der Waals surface area (Å²) in [5.74, 6) is 0. The summed E-state index contributed by atoms with van der Waals surface area (Å²) in [6, 6.07) is 6.97. The number of hydrogen-bond acceptors (Lipinski definition) is 3. The Kier molecular flexibility index (Phi) is 4.60. The highest BCUT2D eigenvalue weighted by atomic mass is 16.5. The minimum absolute atomic E-state index is 0.0831. The highest BCUT2D eigenvalue weighted by Crippen LogP contribution is 2.32. The molecule has 2 aliphatic heterocycles.